The number of hydrogen-bond donors (Lipinski definition) is 1. The smallest absolute Gasteiger partial charge is 0.262 e. The van der Waals surface area contributed by atoms with Crippen molar-refractivity contribution in [1.82, 2.24) is 0 Å². The van der Waals surface area contributed by atoms with Crippen LogP contribution in [-0.4, -0.2) is 12.5 Å². The topological polar surface area (TPSA) is 38.3 Å². The van der Waals surface area contributed by atoms with E-state index in [1.807, 2.05) is 13.0 Å². The Labute approximate surface area is 137 Å². The van der Waals surface area contributed by atoms with E-state index in [1.54, 1.807) is 30.3 Å². The van der Waals surface area contributed by atoms with Crippen LogP contribution < -0.4 is 10.1 Å². The van der Waals surface area contributed by atoms with Crippen LogP contribution in [0.25, 0.3) is 0 Å². The maximum atomic E-state index is 11.8. The van der Waals surface area contributed by atoms with Crippen LogP contribution in [-0.2, 0) is 4.79 Å². The normalized spacial score (nSPS) is 10.3. The minimum Gasteiger partial charge on any atom is -0.481 e. The highest BCUT2D eigenvalue weighted by Crippen LogP contribution is 2.32. The summed E-state index contributed by atoms with van der Waals surface area (Å²) in [5, 5.41) is 3.98. The van der Waals surface area contributed by atoms with Gasteiger partial charge in [0.1, 0.15) is 0 Å². The molecule has 0 atom stereocenters. The van der Waals surface area contributed by atoms with Crippen molar-refractivity contribution in [2.24, 2.45) is 0 Å². The van der Waals surface area contributed by atoms with Crippen LogP contribution in [0.2, 0.25) is 15.1 Å². The van der Waals surface area contributed by atoms with Gasteiger partial charge in [-0.2, -0.15) is 0 Å². The van der Waals surface area contributed by atoms with Gasteiger partial charge in [-0.3, -0.25) is 4.79 Å². The number of aryl methyl sites for hydroxylation is 1. The fourth-order valence-electron chi connectivity index (χ4n) is 1.63. The average molecular weight is 345 g/mol. The highest BCUT2D eigenvalue weighted by Gasteiger charge is 2.10. The number of nitrogens with one attached hydrogen (secondary N) is 1. The largest absolute Gasteiger partial charge is 0.481 e. The summed E-state index contributed by atoms with van der Waals surface area (Å²) >= 11 is 17.9. The lowest BCUT2D eigenvalue weighted by molar-refractivity contribution is -0.118. The number of amides is 1. The Morgan fingerprint density at radius 1 is 1.10 bits per heavy atom. The number of anilines is 1. The van der Waals surface area contributed by atoms with E-state index in [2.05, 4.69) is 5.32 Å². The van der Waals surface area contributed by atoms with Gasteiger partial charge in [0.2, 0.25) is 0 Å². The summed E-state index contributed by atoms with van der Waals surface area (Å²) in [5.41, 5.74) is 1.54. The van der Waals surface area contributed by atoms with E-state index >= 15 is 0 Å². The van der Waals surface area contributed by atoms with E-state index in [0.29, 0.717) is 20.8 Å². The van der Waals surface area contributed by atoms with Crippen LogP contribution in [0.15, 0.2) is 36.4 Å². The van der Waals surface area contributed by atoms with Crippen molar-refractivity contribution in [3.63, 3.8) is 0 Å². The molecule has 2 aromatic carbocycles. The fourth-order valence-corrected chi connectivity index (χ4v) is 2.31. The number of rotatable bonds is 4. The van der Waals surface area contributed by atoms with E-state index in [0.717, 1.165) is 5.56 Å². The van der Waals surface area contributed by atoms with Crippen LogP contribution in [0.1, 0.15) is 5.56 Å². The van der Waals surface area contributed by atoms with Crippen molar-refractivity contribution >= 4 is 46.4 Å². The van der Waals surface area contributed by atoms with Crippen molar-refractivity contribution < 1.29 is 9.53 Å². The lowest BCUT2D eigenvalue weighted by Gasteiger charge is -2.10. The first-order chi connectivity index (χ1) is 9.97. The van der Waals surface area contributed by atoms with Crippen LogP contribution in [0.4, 0.5) is 5.69 Å². The Kier molecular flexibility index (Phi) is 5.34. The zero-order valence-electron chi connectivity index (χ0n) is 11.1. The molecule has 0 spiro atoms. The van der Waals surface area contributed by atoms with Gasteiger partial charge in [0.15, 0.2) is 12.4 Å². The van der Waals surface area contributed by atoms with Gasteiger partial charge in [-0.25, -0.2) is 0 Å². The minimum atomic E-state index is -0.328. The van der Waals surface area contributed by atoms with Crippen molar-refractivity contribution in [3.8, 4) is 5.75 Å². The summed E-state index contributed by atoms with van der Waals surface area (Å²) in [5.74, 6) is -0.0381. The molecule has 0 aliphatic rings. The second-order valence-electron chi connectivity index (χ2n) is 4.35. The molecule has 2 aromatic rings. The van der Waals surface area contributed by atoms with Crippen LogP contribution in [0.5, 0.6) is 5.75 Å². The number of benzene rings is 2. The van der Waals surface area contributed by atoms with Crippen molar-refractivity contribution in [2.75, 3.05) is 11.9 Å². The first-order valence-electron chi connectivity index (χ1n) is 6.10. The molecule has 3 nitrogen and oxygen atoms in total. The third-order valence-electron chi connectivity index (χ3n) is 2.72. The van der Waals surface area contributed by atoms with E-state index in [9.17, 15) is 4.79 Å². The minimum absolute atomic E-state index is 0.199. The maximum Gasteiger partial charge on any atom is 0.262 e. The van der Waals surface area contributed by atoms with Gasteiger partial charge in [-0.05, 0) is 36.8 Å². The van der Waals surface area contributed by atoms with Gasteiger partial charge < -0.3 is 10.1 Å². The lowest BCUT2D eigenvalue weighted by atomic mass is 10.2. The summed E-state index contributed by atoms with van der Waals surface area (Å²) in [4.78, 5) is 11.8. The number of carbonyl (C=O) groups is 1. The third-order valence-corrected chi connectivity index (χ3v) is 3.72. The Hall–Kier alpha value is -1.42. The average Bonchev–Trinajstić information content (AvgIpc) is 2.42. The molecule has 0 bridgehead atoms. The highest BCUT2D eigenvalue weighted by molar-refractivity contribution is 6.37. The van der Waals surface area contributed by atoms with Gasteiger partial charge in [0.05, 0.1) is 10.0 Å². The number of ether oxygens (including phenoxy) is 1. The molecule has 0 aliphatic heterocycles. The highest BCUT2D eigenvalue weighted by atomic mass is 35.5. The molecule has 21 heavy (non-hydrogen) atoms. The molecule has 0 aliphatic carbocycles. The molecule has 0 radical (unpaired) electrons. The molecule has 0 heterocycles. The first kappa shape index (κ1) is 16.0. The molecule has 110 valence electrons. The third kappa shape index (κ3) is 4.27. The molecule has 0 unspecified atom stereocenters. The van der Waals surface area contributed by atoms with E-state index < -0.39 is 0 Å². The summed E-state index contributed by atoms with van der Waals surface area (Å²) in [6, 6.07) is 10.2. The van der Waals surface area contributed by atoms with Crippen LogP contribution in [0.3, 0.4) is 0 Å². The van der Waals surface area contributed by atoms with Crippen molar-refractivity contribution in [3.05, 3.63) is 57.0 Å². The maximum absolute atomic E-state index is 11.8. The lowest BCUT2D eigenvalue weighted by Crippen LogP contribution is -2.20. The molecule has 2 rings (SSSR count). The molecule has 0 saturated carbocycles. The number of hydrogen-bond acceptors (Lipinski definition) is 2. The van der Waals surface area contributed by atoms with Gasteiger partial charge >= 0.3 is 0 Å². The van der Waals surface area contributed by atoms with Gasteiger partial charge in [0, 0.05) is 10.7 Å². The van der Waals surface area contributed by atoms with E-state index in [4.69, 9.17) is 39.5 Å². The Balaban J connectivity index is 1.97. The Morgan fingerprint density at radius 2 is 1.76 bits per heavy atom. The molecule has 0 aromatic heterocycles. The zero-order valence-corrected chi connectivity index (χ0v) is 13.4. The Bertz CT molecular complexity index is 654. The molecule has 1 N–H and O–H groups in total. The Morgan fingerprint density at radius 3 is 2.38 bits per heavy atom. The summed E-state index contributed by atoms with van der Waals surface area (Å²) in [7, 11) is 0. The van der Waals surface area contributed by atoms with E-state index in [-0.39, 0.29) is 18.3 Å². The predicted molar refractivity (Wildman–Crippen MR) is 86.8 cm³/mol. The van der Waals surface area contributed by atoms with Gasteiger partial charge in [0.25, 0.3) is 5.91 Å². The summed E-state index contributed by atoms with van der Waals surface area (Å²) in [6.07, 6.45) is 0. The molecular formula is C15H12Cl3NO2. The molecule has 0 saturated heterocycles. The molecule has 1 amide bonds. The predicted octanol–water partition coefficient (Wildman–Crippen LogP) is 4.97. The van der Waals surface area contributed by atoms with Crippen LogP contribution in [0, 0.1) is 6.92 Å². The van der Waals surface area contributed by atoms with Crippen LogP contribution >= 0.6 is 34.8 Å². The van der Waals surface area contributed by atoms with Gasteiger partial charge in [-0.1, -0.05) is 46.9 Å². The number of para-hydroxylation sites is 1. The molecule has 6 heteroatoms. The monoisotopic (exact) mass is 343 g/mol. The van der Waals surface area contributed by atoms with Crippen molar-refractivity contribution in [1.29, 1.82) is 0 Å². The second kappa shape index (κ2) is 7.03. The van der Waals surface area contributed by atoms with Gasteiger partial charge in [-0.15, -0.1) is 0 Å². The standard InChI is InChI=1S/C15H12Cl3NO2/c1-9-5-6-10(7-13(9)18)19-14(20)8-21-15-11(16)3-2-4-12(15)17/h2-7H,8H2,1H3,(H,19,20). The molecular weight excluding hydrogens is 333 g/mol. The first-order valence-corrected chi connectivity index (χ1v) is 7.23. The number of halogens is 3. The zero-order chi connectivity index (χ0) is 15.4. The SMILES string of the molecule is Cc1ccc(NC(=O)COc2c(Cl)cccc2Cl)cc1Cl. The second-order valence-corrected chi connectivity index (χ2v) is 5.57. The van der Waals surface area contributed by atoms with E-state index in [1.165, 1.54) is 0 Å². The number of carbonyl (C=O) groups excluding carboxylic acids is 1. The summed E-state index contributed by atoms with van der Waals surface area (Å²) in [6.45, 7) is 1.69. The quantitative estimate of drug-likeness (QED) is 0.850. The molecule has 0 fully saturated rings. The fraction of sp³-hybridized carbons (Fsp3) is 0.133. The summed E-state index contributed by atoms with van der Waals surface area (Å²) < 4.78 is 5.35. The van der Waals surface area contributed by atoms with Crippen molar-refractivity contribution in [2.45, 2.75) is 6.92 Å².